The van der Waals surface area contributed by atoms with Crippen LogP contribution in [0.3, 0.4) is 0 Å². The maximum Gasteiger partial charge on any atom is 0.251 e. The average Bonchev–Trinajstić information content (AvgIpc) is 2.63. The third-order valence-corrected chi connectivity index (χ3v) is 3.57. The summed E-state index contributed by atoms with van der Waals surface area (Å²) in [5.74, 6) is 0.124. The first-order valence-corrected chi connectivity index (χ1v) is 8.42. The number of carbonyl (C=O) groups excluding carboxylic acids is 2. The fourth-order valence-electron chi connectivity index (χ4n) is 2.29. The van der Waals surface area contributed by atoms with Gasteiger partial charge >= 0.3 is 0 Å². The van der Waals surface area contributed by atoms with E-state index in [1.165, 1.54) is 5.56 Å². The molecule has 2 N–H and O–H groups in total. The van der Waals surface area contributed by atoms with Crippen molar-refractivity contribution in [2.45, 2.75) is 26.9 Å². The Kier molecular flexibility index (Phi) is 7.01. The molecule has 0 heterocycles. The van der Waals surface area contributed by atoms with E-state index in [4.69, 9.17) is 4.74 Å². The standard InChI is InChI=1S/C20H24N2O3/c1-3-10-21-19(23)13-22-20(24)17-8-5-9-18(12-17)25-14-16-7-4-6-15(2)11-16/h4-9,11-12H,3,10,13-14H2,1-2H3,(H,21,23)(H,22,24). The zero-order chi connectivity index (χ0) is 18.1. The topological polar surface area (TPSA) is 67.4 Å². The van der Waals surface area contributed by atoms with Gasteiger partial charge in [0.1, 0.15) is 12.4 Å². The zero-order valence-electron chi connectivity index (χ0n) is 14.7. The van der Waals surface area contributed by atoms with Crippen molar-refractivity contribution in [2.24, 2.45) is 0 Å². The highest BCUT2D eigenvalue weighted by Crippen LogP contribution is 2.15. The van der Waals surface area contributed by atoms with Crippen LogP contribution in [0.1, 0.15) is 34.8 Å². The highest BCUT2D eigenvalue weighted by molar-refractivity contribution is 5.96. The van der Waals surface area contributed by atoms with Crippen molar-refractivity contribution in [1.82, 2.24) is 10.6 Å². The lowest BCUT2D eigenvalue weighted by molar-refractivity contribution is -0.120. The Hall–Kier alpha value is -2.82. The number of rotatable bonds is 8. The monoisotopic (exact) mass is 340 g/mol. The molecule has 132 valence electrons. The van der Waals surface area contributed by atoms with Gasteiger partial charge in [-0.1, -0.05) is 42.8 Å². The molecule has 25 heavy (non-hydrogen) atoms. The quantitative estimate of drug-likeness (QED) is 0.776. The Morgan fingerprint density at radius 3 is 2.60 bits per heavy atom. The molecule has 0 bridgehead atoms. The van der Waals surface area contributed by atoms with Crippen LogP contribution < -0.4 is 15.4 Å². The summed E-state index contributed by atoms with van der Waals surface area (Å²) in [4.78, 5) is 23.7. The fourth-order valence-corrected chi connectivity index (χ4v) is 2.29. The van der Waals surface area contributed by atoms with Crippen LogP contribution in [0.2, 0.25) is 0 Å². The molecular weight excluding hydrogens is 316 g/mol. The molecule has 2 rings (SSSR count). The number of hydrogen-bond acceptors (Lipinski definition) is 3. The van der Waals surface area contributed by atoms with Gasteiger partial charge < -0.3 is 15.4 Å². The highest BCUT2D eigenvalue weighted by atomic mass is 16.5. The molecular formula is C20H24N2O3. The fraction of sp³-hybridized carbons (Fsp3) is 0.300. The molecule has 0 atom stereocenters. The maximum absolute atomic E-state index is 12.1. The summed E-state index contributed by atoms with van der Waals surface area (Å²) in [6.45, 7) is 5.02. The molecule has 2 amide bonds. The summed E-state index contributed by atoms with van der Waals surface area (Å²) in [5, 5.41) is 5.32. The summed E-state index contributed by atoms with van der Waals surface area (Å²) in [6, 6.07) is 15.0. The summed E-state index contributed by atoms with van der Waals surface area (Å²) >= 11 is 0. The van der Waals surface area contributed by atoms with E-state index in [0.29, 0.717) is 24.5 Å². The Balaban J connectivity index is 1.89. The van der Waals surface area contributed by atoms with Gasteiger partial charge in [-0.2, -0.15) is 0 Å². The second-order valence-electron chi connectivity index (χ2n) is 5.84. The van der Waals surface area contributed by atoms with Crippen LogP contribution in [0.5, 0.6) is 5.75 Å². The predicted molar refractivity (Wildman–Crippen MR) is 97.6 cm³/mol. The summed E-state index contributed by atoms with van der Waals surface area (Å²) in [6.07, 6.45) is 0.861. The van der Waals surface area contributed by atoms with Crippen LogP contribution in [0.15, 0.2) is 48.5 Å². The number of amides is 2. The van der Waals surface area contributed by atoms with Crippen molar-refractivity contribution >= 4 is 11.8 Å². The first-order chi connectivity index (χ1) is 12.1. The van der Waals surface area contributed by atoms with E-state index in [2.05, 4.69) is 16.7 Å². The Labute approximate surface area is 148 Å². The molecule has 0 aliphatic rings. The third kappa shape index (κ3) is 6.30. The van der Waals surface area contributed by atoms with E-state index in [1.54, 1.807) is 24.3 Å². The first kappa shape index (κ1) is 18.5. The molecule has 5 nitrogen and oxygen atoms in total. The Bertz CT molecular complexity index is 728. The average molecular weight is 340 g/mol. The number of benzene rings is 2. The minimum absolute atomic E-state index is 0.0345. The summed E-state index contributed by atoms with van der Waals surface area (Å²) in [7, 11) is 0. The molecule has 0 aliphatic heterocycles. The number of nitrogens with one attached hydrogen (secondary N) is 2. The second kappa shape index (κ2) is 9.47. The van der Waals surface area contributed by atoms with Crippen molar-refractivity contribution in [1.29, 1.82) is 0 Å². The van der Waals surface area contributed by atoms with Gasteiger partial charge in [-0.15, -0.1) is 0 Å². The third-order valence-electron chi connectivity index (χ3n) is 3.57. The van der Waals surface area contributed by atoms with E-state index in [9.17, 15) is 9.59 Å². The van der Waals surface area contributed by atoms with Crippen LogP contribution in [0.4, 0.5) is 0 Å². The maximum atomic E-state index is 12.1. The predicted octanol–water partition coefficient (Wildman–Crippen LogP) is 2.83. The van der Waals surface area contributed by atoms with Gasteiger partial charge in [0, 0.05) is 12.1 Å². The van der Waals surface area contributed by atoms with Crippen LogP contribution in [0, 0.1) is 6.92 Å². The van der Waals surface area contributed by atoms with Crippen LogP contribution >= 0.6 is 0 Å². The van der Waals surface area contributed by atoms with Gasteiger partial charge in [-0.05, 0) is 37.1 Å². The molecule has 0 radical (unpaired) electrons. The van der Waals surface area contributed by atoms with Crippen molar-refractivity contribution in [3.05, 3.63) is 65.2 Å². The van der Waals surface area contributed by atoms with Crippen molar-refractivity contribution in [3.8, 4) is 5.75 Å². The lowest BCUT2D eigenvalue weighted by atomic mass is 10.1. The number of ether oxygens (including phenoxy) is 1. The highest BCUT2D eigenvalue weighted by Gasteiger charge is 2.09. The van der Waals surface area contributed by atoms with E-state index in [0.717, 1.165) is 12.0 Å². The molecule has 2 aromatic carbocycles. The van der Waals surface area contributed by atoms with Gasteiger partial charge in [-0.25, -0.2) is 0 Å². The molecule has 5 heteroatoms. The van der Waals surface area contributed by atoms with E-state index in [-0.39, 0.29) is 18.4 Å². The first-order valence-electron chi connectivity index (χ1n) is 8.42. The largest absolute Gasteiger partial charge is 0.489 e. The number of carbonyl (C=O) groups is 2. The molecule has 0 saturated carbocycles. The van der Waals surface area contributed by atoms with E-state index >= 15 is 0 Å². The minimum atomic E-state index is -0.298. The molecule has 0 fully saturated rings. The van der Waals surface area contributed by atoms with E-state index < -0.39 is 0 Å². The van der Waals surface area contributed by atoms with Crippen molar-refractivity contribution < 1.29 is 14.3 Å². The molecule has 0 saturated heterocycles. The Morgan fingerprint density at radius 2 is 1.84 bits per heavy atom. The number of aryl methyl sites for hydroxylation is 1. The SMILES string of the molecule is CCCNC(=O)CNC(=O)c1cccc(OCc2cccc(C)c2)c1. The lowest BCUT2D eigenvalue weighted by Gasteiger charge is -2.09. The Morgan fingerprint density at radius 1 is 1.04 bits per heavy atom. The molecule has 0 spiro atoms. The second-order valence-corrected chi connectivity index (χ2v) is 5.84. The lowest BCUT2D eigenvalue weighted by Crippen LogP contribution is -2.37. The molecule has 0 aliphatic carbocycles. The van der Waals surface area contributed by atoms with Crippen LogP contribution in [-0.2, 0) is 11.4 Å². The summed E-state index contributed by atoms with van der Waals surface area (Å²) in [5.41, 5.74) is 2.71. The van der Waals surface area contributed by atoms with E-state index in [1.807, 2.05) is 32.0 Å². The van der Waals surface area contributed by atoms with Crippen LogP contribution in [-0.4, -0.2) is 24.9 Å². The van der Waals surface area contributed by atoms with Gasteiger partial charge in [0.2, 0.25) is 5.91 Å². The minimum Gasteiger partial charge on any atom is -0.489 e. The zero-order valence-corrected chi connectivity index (χ0v) is 14.7. The van der Waals surface area contributed by atoms with Gasteiger partial charge in [0.05, 0.1) is 6.54 Å². The van der Waals surface area contributed by atoms with Crippen molar-refractivity contribution in [2.75, 3.05) is 13.1 Å². The number of hydrogen-bond donors (Lipinski definition) is 2. The molecule has 0 unspecified atom stereocenters. The molecule has 2 aromatic rings. The molecule has 0 aromatic heterocycles. The van der Waals surface area contributed by atoms with Crippen LogP contribution in [0.25, 0.3) is 0 Å². The van der Waals surface area contributed by atoms with Gasteiger partial charge in [-0.3, -0.25) is 9.59 Å². The van der Waals surface area contributed by atoms with Crippen molar-refractivity contribution in [3.63, 3.8) is 0 Å². The van der Waals surface area contributed by atoms with Gasteiger partial charge in [0.25, 0.3) is 5.91 Å². The summed E-state index contributed by atoms with van der Waals surface area (Å²) < 4.78 is 5.76. The smallest absolute Gasteiger partial charge is 0.251 e. The normalized spacial score (nSPS) is 10.2. The van der Waals surface area contributed by atoms with Gasteiger partial charge in [0.15, 0.2) is 0 Å².